The second-order valence-electron chi connectivity index (χ2n) is 4.41. The van der Waals surface area contributed by atoms with Crippen molar-refractivity contribution >= 4 is 10.0 Å². The molecule has 0 radical (unpaired) electrons. The molecule has 0 amide bonds. The number of nitrogens with zero attached hydrogens (tertiary/aromatic N) is 1. The molecule has 1 rings (SSSR count). The van der Waals surface area contributed by atoms with Crippen molar-refractivity contribution in [2.75, 3.05) is 25.4 Å². The third-order valence-electron chi connectivity index (χ3n) is 2.50. The van der Waals surface area contributed by atoms with Crippen LogP contribution in [0.15, 0.2) is 0 Å². The van der Waals surface area contributed by atoms with E-state index in [9.17, 15) is 8.42 Å². The Balaban J connectivity index is 2.85. The molecule has 0 aromatic rings. The average molecular weight is 220 g/mol. The number of nitrogens with one attached hydrogen (secondary N) is 1. The summed E-state index contributed by atoms with van der Waals surface area (Å²) in [4.78, 5) is 0. The molecule has 1 aliphatic heterocycles. The lowest BCUT2D eigenvalue weighted by atomic mass is 10.1. The summed E-state index contributed by atoms with van der Waals surface area (Å²) in [6.45, 7) is 7.87. The molecule has 1 aliphatic rings. The molecule has 0 aromatic heterocycles. The zero-order chi connectivity index (χ0) is 10.8. The molecule has 1 heterocycles. The van der Waals surface area contributed by atoms with Gasteiger partial charge in [-0.05, 0) is 26.8 Å². The van der Waals surface area contributed by atoms with E-state index in [1.54, 1.807) is 4.31 Å². The van der Waals surface area contributed by atoms with Crippen LogP contribution in [0.4, 0.5) is 0 Å². The summed E-state index contributed by atoms with van der Waals surface area (Å²) in [6.07, 6.45) is 0.697. The minimum absolute atomic E-state index is 0.122. The second-order valence-corrected chi connectivity index (χ2v) is 6.49. The van der Waals surface area contributed by atoms with Gasteiger partial charge in [0.25, 0.3) is 0 Å². The van der Waals surface area contributed by atoms with Crippen LogP contribution in [-0.2, 0) is 10.0 Å². The van der Waals surface area contributed by atoms with Gasteiger partial charge < -0.3 is 5.32 Å². The first-order valence-corrected chi connectivity index (χ1v) is 6.71. The maximum atomic E-state index is 11.8. The van der Waals surface area contributed by atoms with Crippen LogP contribution in [-0.4, -0.2) is 43.6 Å². The van der Waals surface area contributed by atoms with E-state index in [0.717, 1.165) is 6.54 Å². The van der Waals surface area contributed by atoms with Gasteiger partial charge in [0.15, 0.2) is 0 Å². The number of hydrogen-bond donors (Lipinski definition) is 1. The molecule has 0 bridgehead atoms. The molecule has 14 heavy (non-hydrogen) atoms. The number of rotatable bonds is 1. The lowest BCUT2D eigenvalue weighted by Crippen LogP contribution is -2.53. The Kier molecular flexibility index (Phi) is 3.55. The maximum absolute atomic E-state index is 11.8. The van der Waals surface area contributed by atoms with Crippen molar-refractivity contribution in [3.63, 3.8) is 0 Å². The molecule has 4 nitrogen and oxygen atoms in total. The van der Waals surface area contributed by atoms with Crippen molar-refractivity contribution in [3.8, 4) is 0 Å². The Morgan fingerprint density at radius 2 is 2.07 bits per heavy atom. The summed E-state index contributed by atoms with van der Waals surface area (Å²) in [7, 11) is -3.01. The zero-order valence-corrected chi connectivity index (χ0v) is 10.0. The lowest BCUT2D eigenvalue weighted by molar-refractivity contribution is 0.284. The zero-order valence-electron chi connectivity index (χ0n) is 9.21. The smallest absolute Gasteiger partial charge is 0.214 e. The fraction of sp³-hybridized carbons (Fsp3) is 1.00. The van der Waals surface area contributed by atoms with Gasteiger partial charge in [0.2, 0.25) is 10.0 Å². The third-order valence-corrected chi connectivity index (χ3v) is 4.48. The molecule has 0 aromatic carbocycles. The molecule has 0 saturated carbocycles. The highest BCUT2D eigenvalue weighted by Crippen LogP contribution is 2.13. The highest BCUT2D eigenvalue weighted by atomic mass is 32.2. The minimum Gasteiger partial charge on any atom is -0.310 e. The standard InChI is InChI=1S/C9H20N2O2S/c1-4-11-8-9(2,3)10-6-5-7-14(11,12)13/h10H,4-8H2,1-3H3. The van der Waals surface area contributed by atoms with Crippen LogP contribution < -0.4 is 5.32 Å². The minimum atomic E-state index is -3.01. The van der Waals surface area contributed by atoms with E-state index in [-0.39, 0.29) is 11.3 Å². The predicted octanol–water partition coefficient (Wildman–Crippen LogP) is 0.410. The number of hydrogen-bond acceptors (Lipinski definition) is 3. The highest BCUT2D eigenvalue weighted by Gasteiger charge is 2.29. The molecule has 0 spiro atoms. The van der Waals surface area contributed by atoms with Crippen LogP contribution in [0.25, 0.3) is 0 Å². The molecule has 0 atom stereocenters. The lowest BCUT2D eigenvalue weighted by Gasteiger charge is -2.34. The molecular weight excluding hydrogens is 200 g/mol. The van der Waals surface area contributed by atoms with Crippen LogP contribution >= 0.6 is 0 Å². The molecule has 0 aliphatic carbocycles. The maximum Gasteiger partial charge on any atom is 0.214 e. The van der Waals surface area contributed by atoms with Gasteiger partial charge in [-0.25, -0.2) is 12.7 Å². The van der Waals surface area contributed by atoms with E-state index < -0.39 is 10.0 Å². The first-order chi connectivity index (χ1) is 6.37. The molecule has 1 N–H and O–H groups in total. The molecular formula is C9H20N2O2S. The molecule has 5 heteroatoms. The van der Waals surface area contributed by atoms with Crippen molar-refractivity contribution in [1.82, 2.24) is 9.62 Å². The normalized spacial score (nSPS) is 27.9. The van der Waals surface area contributed by atoms with Gasteiger partial charge in [0.1, 0.15) is 0 Å². The van der Waals surface area contributed by atoms with Gasteiger partial charge in [-0.2, -0.15) is 0 Å². The van der Waals surface area contributed by atoms with Crippen molar-refractivity contribution in [3.05, 3.63) is 0 Å². The van der Waals surface area contributed by atoms with Crippen LogP contribution in [0.2, 0.25) is 0 Å². The summed E-state index contributed by atoms with van der Waals surface area (Å²) in [5.41, 5.74) is -0.122. The van der Waals surface area contributed by atoms with Gasteiger partial charge in [-0.1, -0.05) is 6.92 Å². The Morgan fingerprint density at radius 1 is 1.43 bits per heavy atom. The van der Waals surface area contributed by atoms with Gasteiger partial charge in [-0.15, -0.1) is 0 Å². The summed E-state index contributed by atoms with van der Waals surface area (Å²) in [5, 5.41) is 3.36. The molecule has 1 fully saturated rings. The van der Waals surface area contributed by atoms with Crippen LogP contribution in [0.5, 0.6) is 0 Å². The summed E-state index contributed by atoms with van der Waals surface area (Å²) < 4.78 is 25.1. The second kappa shape index (κ2) is 4.16. The average Bonchev–Trinajstić information content (AvgIpc) is 2.07. The molecule has 0 unspecified atom stereocenters. The monoisotopic (exact) mass is 220 g/mol. The van der Waals surface area contributed by atoms with Gasteiger partial charge >= 0.3 is 0 Å². The van der Waals surface area contributed by atoms with Crippen molar-refractivity contribution in [1.29, 1.82) is 0 Å². The van der Waals surface area contributed by atoms with Crippen LogP contribution in [0.1, 0.15) is 27.2 Å². The fourth-order valence-corrected chi connectivity index (χ4v) is 3.39. The van der Waals surface area contributed by atoms with Crippen molar-refractivity contribution in [2.45, 2.75) is 32.7 Å². The predicted molar refractivity (Wildman–Crippen MR) is 57.7 cm³/mol. The fourth-order valence-electron chi connectivity index (χ4n) is 1.71. The first-order valence-electron chi connectivity index (χ1n) is 5.10. The summed E-state index contributed by atoms with van der Waals surface area (Å²) in [6, 6.07) is 0. The molecule has 84 valence electrons. The van der Waals surface area contributed by atoms with E-state index in [1.807, 2.05) is 20.8 Å². The number of sulfonamides is 1. The van der Waals surface area contributed by atoms with Gasteiger partial charge in [-0.3, -0.25) is 0 Å². The summed E-state index contributed by atoms with van der Waals surface area (Å²) >= 11 is 0. The SMILES string of the molecule is CCN1CC(C)(C)NCCCS1(=O)=O. The third kappa shape index (κ3) is 2.93. The Morgan fingerprint density at radius 3 is 2.64 bits per heavy atom. The Bertz CT molecular complexity index is 285. The van der Waals surface area contributed by atoms with E-state index in [4.69, 9.17) is 0 Å². The topological polar surface area (TPSA) is 49.4 Å². The van der Waals surface area contributed by atoms with E-state index >= 15 is 0 Å². The highest BCUT2D eigenvalue weighted by molar-refractivity contribution is 7.89. The quantitative estimate of drug-likeness (QED) is 0.696. The summed E-state index contributed by atoms with van der Waals surface area (Å²) in [5.74, 6) is 0.268. The van der Waals surface area contributed by atoms with Crippen molar-refractivity contribution in [2.24, 2.45) is 0 Å². The largest absolute Gasteiger partial charge is 0.310 e. The van der Waals surface area contributed by atoms with Crippen LogP contribution in [0, 0.1) is 0 Å². The Hall–Kier alpha value is -0.130. The van der Waals surface area contributed by atoms with E-state index in [1.165, 1.54) is 0 Å². The van der Waals surface area contributed by atoms with Gasteiger partial charge in [0.05, 0.1) is 5.75 Å². The molecule has 1 saturated heterocycles. The van der Waals surface area contributed by atoms with Crippen molar-refractivity contribution < 1.29 is 8.42 Å². The van der Waals surface area contributed by atoms with Gasteiger partial charge in [0, 0.05) is 18.6 Å². The van der Waals surface area contributed by atoms with Crippen LogP contribution in [0.3, 0.4) is 0 Å². The Labute approximate surface area is 86.7 Å². The van der Waals surface area contributed by atoms with E-state index in [2.05, 4.69) is 5.32 Å². The number of likely N-dealkylation sites (N-methyl/N-ethyl adjacent to an activating group) is 1. The first kappa shape index (κ1) is 11.9. The van der Waals surface area contributed by atoms with E-state index in [0.29, 0.717) is 19.5 Å².